The van der Waals surface area contributed by atoms with E-state index in [2.05, 4.69) is 305 Å². The smallest absolute Gasteiger partial charge is 0.252 e. The molecule has 3 nitrogen and oxygen atoms in total. The van der Waals surface area contributed by atoms with Crippen LogP contribution in [-0.2, 0) is 27.1 Å². The average Bonchev–Trinajstić information content (AvgIpc) is 3.39. The molecule has 0 aromatic heterocycles. The number of hydrogen-bond acceptors (Lipinski definition) is 3. The van der Waals surface area contributed by atoms with Crippen LogP contribution in [0.15, 0.2) is 200 Å². The lowest BCUT2D eigenvalue weighted by molar-refractivity contribution is 0.585. The summed E-state index contributed by atoms with van der Waals surface area (Å²) in [5.41, 5.74) is 25.0. The molecule has 4 heteroatoms. The Bertz CT molecular complexity index is 3710. The van der Waals surface area contributed by atoms with Gasteiger partial charge in [0.05, 0.1) is 11.4 Å². The van der Waals surface area contributed by atoms with Crippen molar-refractivity contribution in [1.29, 1.82) is 0 Å². The van der Waals surface area contributed by atoms with Crippen LogP contribution >= 0.6 is 0 Å². The lowest BCUT2D eigenvalue weighted by Gasteiger charge is -2.46. The molecule has 3 heterocycles. The van der Waals surface area contributed by atoms with Crippen molar-refractivity contribution in [3.63, 3.8) is 0 Å². The zero-order chi connectivity index (χ0) is 53.3. The van der Waals surface area contributed by atoms with E-state index in [1.54, 1.807) is 0 Å². The molecule has 0 N–H and O–H groups in total. The van der Waals surface area contributed by atoms with Crippen LogP contribution in [0.3, 0.4) is 0 Å². The molecule has 1 unspecified atom stereocenters. The molecule has 3 aliphatic rings. The van der Waals surface area contributed by atoms with Gasteiger partial charge in [-0.25, -0.2) is 0 Å². The van der Waals surface area contributed by atoms with Crippen LogP contribution in [0, 0.1) is 0 Å². The number of anilines is 9. The highest BCUT2D eigenvalue weighted by Crippen LogP contribution is 2.53. The van der Waals surface area contributed by atoms with Crippen LogP contribution in [0.2, 0.25) is 0 Å². The van der Waals surface area contributed by atoms with Crippen LogP contribution in [0.25, 0.3) is 11.1 Å². The molecule has 378 valence electrons. The number of nitrogens with zero attached hydrogens (tertiary/aromatic N) is 3. The molecule has 12 rings (SSSR count). The van der Waals surface area contributed by atoms with Gasteiger partial charge in [-0.05, 0) is 156 Å². The van der Waals surface area contributed by atoms with Crippen molar-refractivity contribution in [3.05, 3.63) is 239 Å². The molecule has 9 aromatic rings. The molecular weight excluding hydrogens is 918 g/mol. The number of rotatable bonds is 4. The molecule has 0 saturated heterocycles. The summed E-state index contributed by atoms with van der Waals surface area (Å²) in [5.74, 6) is 0. The van der Waals surface area contributed by atoms with Crippen LogP contribution in [-0.4, -0.2) is 6.71 Å². The second-order valence-corrected chi connectivity index (χ2v) is 26.1. The molecule has 0 fully saturated rings. The predicted octanol–water partition coefficient (Wildman–Crippen LogP) is 17.8. The van der Waals surface area contributed by atoms with Gasteiger partial charge >= 0.3 is 0 Å². The fraction of sp³-hybridized carbons (Fsp3) is 0.250. The minimum Gasteiger partial charge on any atom is -0.311 e. The number of fused-ring (bicyclic) bond motifs is 11. The maximum Gasteiger partial charge on any atom is 0.252 e. The van der Waals surface area contributed by atoms with Crippen LogP contribution < -0.4 is 31.1 Å². The summed E-state index contributed by atoms with van der Waals surface area (Å²) >= 11 is 0. The zero-order valence-corrected chi connectivity index (χ0v) is 47.0. The molecule has 9 aromatic carbocycles. The Balaban J connectivity index is 1.28. The molecule has 0 saturated carbocycles. The quantitative estimate of drug-likeness (QED) is 0.163. The fourth-order valence-corrected chi connectivity index (χ4v) is 12.4. The minimum atomic E-state index is -0.564. The minimum absolute atomic E-state index is 0.00522. The average molecular weight is 990 g/mol. The van der Waals surface area contributed by atoms with E-state index >= 15 is 0 Å². The fourth-order valence-electron chi connectivity index (χ4n) is 12.4. The standard InChI is InChI=1S/C72H72BN3/c1-68(2,3)48-30-35-56(36-31-48)75-62-38-33-50(70(7,8)9)42-60(62)73-61-43-51(71(10,11)12)34-39-63(61)76-64-44-54(32-37-59(64)47-22-16-14-17-23-47)72(13,52-25-20-24-49(40-52)69(4,5)6)53-26-21-29-57(41-53)74(55-27-18-15-19-28-55)58-45-65(75)67(73)66(76)46-58/h14-46H,1-13H3. The van der Waals surface area contributed by atoms with E-state index in [-0.39, 0.29) is 28.4 Å². The van der Waals surface area contributed by atoms with Gasteiger partial charge in [-0.3, -0.25) is 0 Å². The van der Waals surface area contributed by atoms with E-state index in [0.717, 1.165) is 28.4 Å². The first kappa shape index (κ1) is 49.3. The highest BCUT2D eigenvalue weighted by atomic mass is 15.2. The SMILES string of the molecule is CC(C)(C)c1ccc(N2c3ccc(C(C)(C)C)cc3B3c4cc(C(C)(C)C)ccc4N4c5cc(ccc5-c5ccccc5)C(C)(c5cccc(C(C)(C)C)c5)c5cccc(c5)N(c5ccccc5)c5cc2c3c4c5)cc1. The molecule has 3 aliphatic heterocycles. The first-order valence-electron chi connectivity index (χ1n) is 27.5. The third-order valence-electron chi connectivity index (χ3n) is 16.9. The van der Waals surface area contributed by atoms with Gasteiger partial charge < -0.3 is 14.7 Å². The first-order chi connectivity index (χ1) is 36.1. The molecule has 0 amide bonds. The normalized spacial score (nSPS) is 15.9. The third kappa shape index (κ3) is 8.10. The second kappa shape index (κ2) is 17.5. The highest BCUT2D eigenvalue weighted by molar-refractivity contribution is 7.00. The second-order valence-electron chi connectivity index (χ2n) is 26.1. The van der Waals surface area contributed by atoms with Crippen molar-refractivity contribution >= 4 is 74.3 Å². The van der Waals surface area contributed by atoms with E-state index < -0.39 is 5.41 Å². The summed E-state index contributed by atoms with van der Waals surface area (Å²) in [5, 5.41) is 0. The van der Waals surface area contributed by atoms with Gasteiger partial charge in [-0.2, -0.15) is 0 Å². The number of para-hydroxylation sites is 1. The molecule has 0 aliphatic carbocycles. The van der Waals surface area contributed by atoms with E-state index in [9.17, 15) is 0 Å². The van der Waals surface area contributed by atoms with Crippen molar-refractivity contribution in [2.45, 2.75) is 117 Å². The Kier molecular flexibility index (Phi) is 11.4. The van der Waals surface area contributed by atoms with E-state index in [1.807, 2.05) is 0 Å². The summed E-state index contributed by atoms with van der Waals surface area (Å²) in [7, 11) is 0. The van der Waals surface area contributed by atoms with Gasteiger partial charge in [0.2, 0.25) is 0 Å². The molecule has 0 spiro atoms. The topological polar surface area (TPSA) is 9.72 Å². The van der Waals surface area contributed by atoms with Crippen LogP contribution in [0.5, 0.6) is 0 Å². The van der Waals surface area contributed by atoms with Gasteiger partial charge in [-0.15, -0.1) is 0 Å². The summed E-state index contributed by atoms with van der Waals surface area (Å²) in [4.78, 5) is 7.76. The Labute approximate surface area is 454 Å². The first-order valence-corrected chi connectivity index (χ1v) is 27.5. The molecule has 76 heavy (non-hydrogen) atoms. The lowest BCUT2D eigenvalue weighted by atomic mass is 9.33. The third-order valence-corrected chi connectivity index (χ3v) is 16.9. The summed E-state index contributed by atoms with van der Waals surface area (Å²) in [6, 6.07) is 77.4. The summed E-state index contributed by atoms with van der Waals surface area (Å²) in [6.45, 7) is 30.4. The van der Waals surface area contributed by atoms with Crippen LogP contribution in [0.4, 0.5) is 51.2 Å². The van der Waals surface area contributed by atoms with Gasteiger partial charge in [0.1, 0.15) is 0 Å². The Hall–Kier alpha value is -7.56. The van der Waals surface area contributed by atoms with Gasteiger partial charge in [-0.1, -0.05) is 217 Å². The number of benzene rings is 9. The van der Waals surface area contributed by atoms with Gasteiger partial charge in [0, 0.05) is 50.8 Å². The largest absolute Gasteiger partial charge is 0.311 e. The van der Waals surface area contributed by atoms with Crippen molar-refractivity contribution in [1.82, 2.24) is 0 Å². The molecule has 1 atom stereocenters. The lowest BCUT2D eigenvalue weighted by Crippen LogP contribution is -2.61. The Morgan fingerprint density at radius 1 is 0.316 bits per heavy atom. The zero-order valence-electron chi connectivity index (χ0n) is 47.0. The molecular formula is C72H72BN3. The predicted molar refractivity (Wildman–Crippen MR) is 327 cm³/mol. The van der Waals surface area contributed by atoms with Crippen molar-refractivity contribution in [3.8, 4) is 11.1 Å². The van der Waals surface area contributed by atoms with Crippen molar-refractivity contribution < 1.29 is 0 Å². The monoisotopic (exact) mass is 990 g/mol. The summed E-state index contributed by atoms with van der Waals surface area (Å²) in [6.07, 6.45) is 0. The molecule has 6 bridgehead atoms. The Morgan fingerprint density at radius 2 is 0.789 bits per heavy atom. The summed E-state index contributed by atoms with van der Waals surface area (Å²) < 4.78 is 0. The van der Waals surface area contributed by atoms with Gasteiger partial charge in [0.25, 0.3) is 6.71 Å². The van der Waals surface area contributed by atoms with Crippen molar-refractivity contribution in [2.75, 3.05) is 14.7 Å². The van der Waals surface area contributed by atoms with Gasteiger partial charge in [0.15, 0.2) is 0 Å². The maximum atomic E-state index is 2.66. The Morgan fingerprint density at radius 3 is 1.38 bits per heavy atom. The number of hydrogen-bond donors (Lipinski definition) is 0. The van der Waals surface area contributed by atoms with Crippen LogP contribution in [0.1, 0.15) is 129 Å². The van der Waals surface area contributed by atoms with E-state index in [1.165, 1.54) is 89.2 Å². The highest BCUT2D eigenvalue weighted by Gasteiger charge is 2.46. The van der Waals surface area contributed by atoms with E-state index in [4.69, 9.17) is 0 Å². The maximum absolute atomic E-state index is 2.66. The van der Waals surface area contributed by atoms with E-state index in [0.29, 0.717) is 0 Å². The van der Waals surface area contributed by atoms with Crippen molar-refractivity contribution in [2.24, 2.45) is 0 Å². The molecule has 0 radical (unpaired) electrons.